The number of hydrogen-bond donors (Lipinski definition) is 1. The van der Waals surface area contributed by atoms with Crippen LogP contribution in [0, 0.1) is 10.7 Å². The van der Waals surface area contributed by atoms with Crippen LogP contribution in [0.4, 0.5) is 0 Å². The summed E-state index contributed by atoms with van der Waals surface area (Å²) in [7, 11) is -3.65. The molecule has 0 aliphatic rings. The monoisotopic (exact) mass is 635 g/mol. The number of carbonyl (C=O) groups excluding carboxylic acids is 2. The Kier molecular flexibility index (Phi) is 6.91. The van der Waals surface area contributed by atoms with Gasteiger partial charge in [-0.05, 0) is 79.9 Å². The second kappa shape index (κ2) is 7.53. The smallest absolute Gasteiger partial charge is 0.340 e. The lowest BCUT2D eigenvalue weighted by Crippen LogP contribution is -2.33. The van der Waals surface area contributed by atoms with E-state index >= 15 is 0 Å². The van der Waals surface area contributed by atoms with E-state index in [4.69, 9.17) is 4.74 Å². The normalized spacial score (nSPS) is 11.0. The van der Waals surface area contributed by atoms with E-state index in [2.05, 4.69) is 22.6 Å². The van der Waals surface area contributed by atoms with Crippen molar-refractivity contribution in [2.24, 2.45) is 0 Å². The Hall–Kier alpha value is 0.300. The van der Waals surface area contributed by atoms with E-state index in [9.17, 15) is 18.0 Å². The quantitative estimate of drug-likeness (QED) is 0.403. The predicted molar refractivity (Wildman–Crippen MR) is 97.9 cm³/mol. The third-order valence-electron chi connectivity index (χ3n) is 1.84. The molecule has 0 aliphatic heterocycles. The maximum Gasteiger partial charge on any atom is 0.340 e. The number of ether oxygens (including phenoxy) is 1. The molecule has 10 heteroatoms. The van der Waals surface area contributed by atoms with Crippen molar-refractivity contribution in [1.29, 1.82) is 0 Å². The zero-order valence-electron chi connectivity index (χ0n) is 9.95. The van der Waals surface area contributed by atoms with Gasteiger partial charge in [0.25, 0.3) is 5.91 Å². The number of hydrogen-bond acceptors (Lipinski definition) is 5. The number of nitrogens with one attached hydrogen (secondary N) is 1. The van der Waals surface area contributed by atoms with Crippen LogP contribution in [0.1, 0.15) is 10.4 Å². The van der Waals surface area contributed by atoms with Crippen LogP contribution in [0.25, 0.3) is 0 Å². The van der Waals surface area contributed by atoms with Crippen molar-refractivity contribution in [3.8, 4) is 0 Å². The number of carbonyl (C=O) groups is 2. The molecule has 0 spiro atoms. The zero-order valence-corrected chi connectivity index (χ0v) is 17.2. The number of amides is 1. The first-order valence-corrected chi connectivity index (χ1v) is 10.0. The summed E-state index contributed by atoms with van der Waals surface area (Å²) >= 11 is 6.12. The Morgan fingerprint density at radius 1 is 1.20 bits per heavy atom. The number of rotatable bonds is 4. The molecule has 0 fully saturated rings. The van der Waals surface area contributed by atoms with Crippen molar-refractivity contribution in [1.82, 2.24) is 4.72 Å². The lowest BCUT2D eigenvalue weighted by Gasteiger charge is -2.09. The molecular weight excluding hydrogens is 627 g/mol. The van der Waals surface area contributed by atoms with E-state index in [1.165, 1.54) is 0 Å². The van der Waals surface area contributed by atoms with Gasteiger partial charge in [0.2, 0.25) is 10.0 Å². The largest absolute Gasteiger partial charge is 0.452 e. The number of halogens is 3. The molecule has 1 amide bonds. The first-order valence-electron chi connectivity index (χ1n) is 4.92. The van der Waals surface area contributed by atoms with E-state index < -0.39 is 28.5 Å². The summed E-state index contributed by atoms with van der Waals surface area (Å²) in [6.07, 6.45) is 0.845. The van der Waals surface area contributed by atoms with Crippen molar-refractivity contribution in [3.05, 3.63) is 28.4 Å². The van der Waals surface area contributed by atoms with Gasteiger partial charge in [0.1, 0.15) is 0 Å². The minimum Gasteiger partial charge on any atom is -0.452 e. The Morgan fingerprint density at radius 3 is 2.15 bits per heavy atom. The van der Waals surface area contributed by atoms with Crippen molar-refractivity contribution in [2.75, 3.05) is 12.9 Å². The first kappa shape index (κ1) is 18.3. The minimum atomic E-state index is -3.65. The average molecular weight is 635 g/mol. The summed E-state index contributed by atoms with van der Waals surface area (Å²) < 4.78 is 30.6. The Bertz CT molecular complexity index is 636. The fourth-order valence-corrected chi connectivity index (χ4v) is 5.67. The molecule has 1 N–H and O–H groups in total. The zero-order chi connectivity index (χ0) is 15.5. The van der Waals surface area contributed by atoms with Crippen LogP contribution < -0.4 is 4.72 Å². The fourth-order valence-electron chi connectivity index (χ4n) is 1.18. The topological polar surface area (TPSA) is 89.5 Å². The molecule has 0 unspecified atom stereocenters. The minimum absolute atomic E-state index is 0.360. The third kappa shape index (κ3) is 5.97. The molecule has 1 aromatic rings. The van der Waals surface area contributed by atoms with Gasteiger partial charge in [0.05, 0.1) is 11.8 Å². The van der Waals surface area contributed by atoms with Crippen LogP contribution in [0.3, 0.4) is 0 Å². The lowest BCUT2D eigenvalue weighted by atomic mass is 10.2. The Balaban J connectivity index is 2.76. The molecule has 0 aromatic heterocycles. The summed E-state index contributed by atoms with van der Waals surface area (Å²) in [6, 6.07) is 3.60. The van der Waals surface area contributed by atoms with Crippen LogP contribution >= 0.6 is 67.8 Å². The van der Waals surface area contributed by atoms with Gasteiger partial charge in [-0.1, -0.05) is 0 Å². The molecule has 20 heavy (non-hydrogen) atoms. The number of benzene rings is 1. The number of sulfonamides is 1. The molecule has 0 aliphatic carbocycles. The SMILES string of the molecule is CS(=O)(=O)NC(=O)COC(=O)c1c(I)cc(I)cc1I. The Labute approximate surface area is 156 Å². The van der Waals surface area contributed by atoms with Gasteiger partial charge in [-0.3, -0.25) is 9.52 Å². The van der Waals surface area contributed by atoms with Crippen LogP contribution in [-0.4, -0.2) is 33.2 Å². The first-order chi connectivity index (χ1) is 9.10. The highest BCUT2D eigenvalue weighted by Crippen LogP contribution is 2.23. The molecule has 0 atom stereocenters. The van der Waals surface area contributed by atoms with Crippen molar-refractivity contribution < 1.29 is 22.7 Å². The summed E-state index contributed by atoms with van der Waals surface area (Å²) in [5.41, 5.74) is 0.360. The standard InChI is InChI=1S/C10H8I3NO5S/c1-20(17,18)14-8(15)4-19-10(16)9-6(12)2-5(11)3-7(9)13/h2-3H,4H2,1H3,(H,14,15). The predicted octanol–water partition coefficient (Wildman–Crippen LogP) is 1.73. The maximum atomic E-state index is 11.9. The van der Waals surface area contributed by atoms with Crippen LogP contribution in [-0.2, 0) is 19.6 Å². The van der Waals surface area contributed by atoms with Gasteiger partial charge >= 0.3 is 5.97 Å². The van der Waals surface area contributed by atoms with Gasteiger partial charge in [0.15, 0.2) is 6.61 Å². The molecule has 0 saturated heterocycles. The van der Waals surface area contributed by atoms with Gasteiger partial charge < -0.3 is 4.74 Å². The summed E-state index contributed by atoms with van der Waals surface area (Å²) in [5.74, 6) is -1.56. The summed E-state index contributed by atoms with van der Waals surface area (Å²) in [4.78, 5) is 23.1. The molecule has 1 aromatic carbocycles. The Morgan fingerprint density at radius 2 is 1.70 bits per heavy atom. The highest BCUT2D eigenvalue weighted by molar-refractivity contribution is 14.1. The molecule has 0 saturated carbocycles. The molecular formula is C10H8I3NO5S. The summed E-state index contributed by atoms with van der Waals surface area (Å²) in [5, 5.41) is 0. The lowest BCUT2D eigenvalue weighted by molar-refractivity contribution is -0.122. The van der Waals surface area contributed by atoms with E-state index in [0.717, 1.165) is 9.83 Å². The number of esters is 1. The molecule has 0 heterocycles. The molecule has 0 radical (unpaired) electrons. The highest BCUT2D eigenvalue weighted by Gasteiger charge is 2.18. The van der Waals surface area contributed by atoms with Crippen LogP contribution in [0.2, 0.25) is 0 Å². The van der Waals surface area contributed by atoms with Crippen molar-refractivity contribution >= 4 is 89.7 Å². The fraction of sp³-hybridized carbons (Fsp3) is 0.200. The second-order valence-electron chi connectivity index (χ2n) is 3.62. The third-order valence-corrected chi connectivity index (χ3v) is 4.77. The van der Waals surface area contributed by atoms with E-state index in [-0.39, 0.29) is 0 Å². The molecule has 110 valence electrons. The van der Waals surface area contributed by atoms with Gasteiger partial charge in [-0.15, -0.1) is 0 Å². The van der Waals surface area contributed by atoms with Gasteiger partial charge in [-0.2, -0.15) is 0 Å². The highest BCUT2D eigenvalue weighted by atomic mass is 127. The molecule has 6 nitrogen and oxygen atoms in total. The maximum absolute atomic E-state index is 11.9. The van der Waals surface area contributed by atoms with E-state index in [1.807, 2.05) is 45.2 Å². The average Bonchev–Trinajstić information content (AvgIpc) is 2.22. The van der Waals surface area contributed by atoms with Crippen LogP contribution in [0.15, 0.2) is 12.1 Å². The van der Waals surface area contributed by atoms with Gasteiger partial charge in [0, 0.05) is 10.7 Å². The molecule has 0 bridgehead atoms. The van der Waals surface area contributed by atoms with Crippen molar-refractivity contribution in [2.45, 2.75) is 0 Å². The summed E-state index contributed by atoms with van der Waals surface area (Å²) in [6.45, 7) is -0.649. The van der Waals surface area contributed by atoms with Crippen LogP contribution in [0.5, 0.6) is 0 Å². The van der Waals surface area contributed by atoms with Gasteiger partial charge in [-0.25, -0.2) is 13.2 Å². The molecule has 1 rings (SSSR count). The second-order valence-corrected chi connectivity index (χ2v) is 8.94. The van der Waals surface area contributed by atoms with E-state index in [1.54, 1.807) is 16.9 Å². The van der Waals surface area contributed by atoms with Crippen molar-refractivity contribution in [3.63, 3.8) is 0 Å². The van der Waals surface area contributed by atoms with E-state index in [0.29, 0.717) is 12.7 Å².